The lowest BCUT2D eigenvalue weighted by Crippen LogP contribution is -2.08. The van der Waals surface area contributed by atoms with Crippen LogP contribution in [0.3, 0.4) is 0 Å². The summed E-state index contributed by atoms with van der Waals surface area (Å²) in [6, 6.07) is 3.41. The molecule has 0 amide bonds. The van der Waals surface area contributed by atoms with Crippen molar-refractivity contribution in [2.45, 2.75) is 19.0 Å². The average Bonchev–Trinajstić information content (AvgIpc) is 2.76. The number of hydrogen-bond acceptors (Lipinski definition) is 2. The van der Waals surface area contributed by atoms with Gasteiger partial charge in [0.25, 0.3) is 0 Å². The number of allylic oxidation sites excluding steroid dienone is 3. The van der Waals surface area contributed by atoms with E-state index in [2.05, 4.69) is 4.98 Å². The Balaban J connectivity index is 2.21. The smallest absolute Gasteiger partial charge is 0.417 e. The molecule has 1 aliphatic rings. The molecule has 0 atom stereocenters. The normalized spacial score (nSPS) is 13.8. The highest BCUT2D eigenvalue weighted by atomic mass is 35.5. The van der Waals surface area contributed by atoms with E-state index in [0.29, 0.717) is 23.1 Å². The SMILES string of the molecule is O=C(O)Cc1cncc2c1C=C(c1cc(Cl)ccc1C(F)(F)F)C=CC2. The predicted molar refractivity (Wildman–Crippen MR) is 92.7 cm³/mol. The van der Waals surface area contributed by atoms with Crippen molar-refractivity contribution in [1.82, 2.24) is 4.98 Å². The fourth-order valence-electron chi connectivity index (χ4n) is 2.90. The van der Waals surface area contributed by atoms with Gasteiger partial charge in [-0.2, -0.15) is 13.2 Å². The van der Waals surface area contributed by atoms with Gasteiger partial charge in [0.05, 0.1) is 12.0 Å². The van der Waals surface area contributed by atoms with E-state index >= 15 is 0 Å². The first-order chi connectivity index (χ1) is 12.3. The van der Waals surface area contributed by atoms with Crippen LogP contribution in [0.15, 0.2) is 42.7 Å². The van der Waals surface area contributed by atoms with Crippen LogP contribution in [-0.4, -0.2) is 16.1 Å². The molecule has 0 unspecified atom stereocenters. The molecule has 1 aromatic heterocycles. The molecule has 1 N–H and O–H groups in total. The molecule has 1 heterocycles. The molecule has 3 rings (SSSR count). The van der Waals surface area contributed by atoms with E-state index < -0.39 is 17.7 Å². The Morgan fingerprint density at radius 1 is 1.27 bits per heavy atom. The summed E-state index contributed by atoms with van der Waals surface area (Å²) in [5.74, 6) is -1.04. The highest BCUT2D eigenvalue weighted by Gasteiger charge is 2.34. The molecule has 0 bridgehead atoms. The maximum absolute atomic E-state index is 13.4. The molecule has 0 fully saturated rings. The van der Waals surface area contributed by atoms with E-state index in [4.69, 9.17) is 16.7 Å². The van der Waals surface area contributed by atoms with Crippen molar-refractivity contribution in [3.8, 4) is 0 Å². The summed E-state index contributed by atoms with van der Waals surface area (Å²) >= 11 is 5.92. The van der Waals surface area contributed by atoms with Gasteiger partial charge in [0.2, 0.25) is 0 Å². The van der Waals surface area contributed by atoms with E-state index in [0.717, 1.165) is 11.6 Å². The van der Waals surface area contributed by atoms with Crippen LogP contribution in [0.25, 0.3) is 11.6 Å². The van der Waals surface area contributed by atoms with Crippen molar-refractivity contribution in [3.05, 3.63) is 75.6 Å². The van der Waals surface area contributed by atoms with Gasteiger partial charge in [0, 0.05) is 17.4 Å². The molecule has 2 aromatic rings. The summed E-state index contributed by atoms with van der Waals surface area (Å²) in [6.45, 7) is 0. The van der Waals surface area contributed by atoms with Gasteiger partial charge in [-0.05, 0) is 58.5 Å². The Kier molecular flexibility index (Phi) is 4.87. The number of aromatic nitrogens is 1. The third-order valence-electron chi connectivity index (χ3n) is 4.03. The van der Waals surface area contributed by atoms with Crippen LogP contribution in [0.2, 0.25) is 5.02 Å². The summed E-state index contributed by atoms with van der Waals surface area (Å²) < 4.78 is 40.2. The monoisotopic (exact) mass is 379 g/mol. The summed E-state index contributed by atoms with van der Waals surface area (Å²) in [6.07, 6.45) is 3.55. The molecule has 0 aliphatic heterocycles. The van der Waals surface area contributed by atoms with Gasteiger partial charge >= 0.3 is 12.1 Å². The Morgan fingerprint density at radius 2 is 2.04 bits per heavy atom. The van der Waals surface area contributed by atoms with E-state index in [1.165, 1.54) is 18.3 Å². The Hall–Kier alpha value is -2.60. The summed E-state index contributed by atoms with van der Waals surface area (Å²) in [5, 5.41) is 9.27. The van der Waals surface area contributed by atoms with Gasteiger partial charge in [-0.15, -0.1) is 0 Å². The number of hydrogen-bond donors (Lipinski definition) is 1. The fourth-order valence-corrected chi connectivity index (χ4v) is 3.07. The van der Waals surface area contributed by atoms with Gasteiger partial charge < -0.3 is 5.11 Å². The minimum atomic E-state index is -4.54. The third kappa shape index (κ3) is 3.80. The summed E-state index contributed by atoms with van der Waals surface area (Å²) in [7, 11) is 0. The second-order valence-electron chi connectivity index (χ2n) is 5.84. The lowest BCUT2D eigenvalue weighted by Gasteiger charge is -2.14. The van der Waals surface area contributed by atoms with Crippen LogP contribution in [0, 0.1) is 0 Å². The van der Waals surface area contributed by atoms with E-state index in [-0.39, 0.29) is 17.0 Å². The number of benzene rings is 1. The van der Waals surface area contributed by atoms with Crippen LogP contribution < -0.4 is 0 Å². The van der Waals surface area contributed by atoms with Gasteiger partial charge in [-0.25, -0.2) is 0 Å². The molecule has 0 saturated heterocycles. The molecular weight excluding hydrogens is 367 g/mol. The molecule has 0 saturated carbocycles. The molecular formula is C19H13ClF3NO2. The number of aliphatic carboxylic acids is 1. The highest BCUT2D eigenvalue weighted by molar-refractivity contribution is 6.30. The summed E-state index contributed by atoms with van der Waals surface area (Å²) in [5.41, 5.74) is 1.26. The van der Waals surface area contributed by atoms with Crippen LogP contribution in [0.4, 0.5) is 13.2 Å². The summed E-state index contributed by atoms with van der Waals surface area (Å²) in [4.78, 5) is 15.1. The molecule has 0 spiro atoms. The second-order valence-corrected chi connectivity index (χ2v) is 6.27. The lowest BCUT2D eigenvalue weighted by atomic mass is 9.95. The number of pyridine rings is 1. The zero-order valence-electron chi connectivity index (χ0n) is 13.3. The van der Waals surface area contributed by atoms with E-state index in [1.54, 1.807) is 24.4 Å². The number of rotatable bonds is 3. The van der Waals surface area contributed by atoms with Crippen molar-refractivity contribution in [3.63, 3.8) is 0 Å². The number of fused-ring (bicyclic) bond motifs is 1. The number of carboxylic acid groups (broad SMARTS) is 1. The molecule has 1 aromatic carbocycles. The Bertz CT molecular complexity index is 933. The number of carbonyl (C=O) groups is 1. The molecule has 0 radical (unpaired) electrons. The maximum Gasteiger partial charge on any atom is 0.417 e. The van der Waals surface area contributed by atoms with Gasteiger partial charge in [-0.1, -0.05) is 23.8 Å². The standard InChI is InChI=1S/C19H13ClF3NO2/c20-14-4-5-17(19(21,22)23)16(8-14)11-2-1-3-12-9-24-10-13(7-18(25)26)15(12)6-11/h1-2,4-6,8-10H,3,7H2,(H,25,26). The van der Waals surface area contributed by atoms with Crippen molar-refractivity contribution in [1.29, 1.82) is 0 Å². The maximum atomic E-state index is 13.4. The Labute approximate surface area is 152 Å². The van der Waals surface area contributed by atoms with Crippen molar-refractivity contribution in [2.75, 3.05) is 0 Å². The fraction of sp³-hybridized carbons (Fsp3) is 0.158. The second kappa shape index (κ2) is 6.96. The van der Waals surface area contributed by atoms with E-state index in [1.807, 2.05) is 0 Å². The van der Waals surface area contributed by atoms with Crippen molar-refractivity contribution in [2.24, 2.45) is 0 Å². The largest absolute Gasteiger partial charge is 0.481 e. The van der Waals surface area contributed by atoms with Crippen LogP contribution in [0.5, 0.6) is 0 Å². The molecule has 1 aliphatic carbocycles. The first-order valence-electron chi connectivity index (χ1n) is 7.68. The zero-order valence-corrected chi connectivity index (χ0v) is 14.1. The molecule has 7 heteroatoms. The van der Waals surface area contributed by atoms with Gasteiger partial charge in [0.15, 0.2) is 0 Å². The third-order valence-corrected chi connectivity index (χ3v) is 4.26. The zero-order chi connectivity index (χ0) is 18.9. The highest BCUT2D eigenvalue weighted by Crippen LogP contribution is 2.38. The number of carboxylic acids is 1. The topological polar surface area (TPSA) is 50.2 Å². The van der Waals surface area contributed by atoms with Crippen LogP contribution in [0.1, 0.15) is 27.8 Å². The van der Waals surface area contributed by atoms with E-state index in [9.17, 15) is 18.0 Å². The van der Waals surface area contributed by atoms with Crippen molar-refractivity contribution < 1.29 is 23.1 Å². The minimum absolute atomic E-state index is 0.0489. The number of alkyl halides is 3. The number of halogens is 4. The Morgan fingerprint density at radius 3 is 2.73 bits per heavy atom. The van der Waals surface area contributed by atoms with Crippen molar-refractivity contribution >= 4 is 29.2 Å². The van der Waals surface area contributed by atoms with Crippen LogP contribution in [-0.2, 0) is 23.8 Å². The van der Waals surface area contributed by atoms with Crippen LogP contribution >= 0.6 is 11.6 Å². The average molecular weight is 380 g/mol. The van der Waals surface area contributed by atoms with Gasteiger partial charge in [0.1, 0.15) is 0 Å². The first-order valence-corrected chi connectivity index (χ1v) is 8.06. The minimum Gasteiger partial charge on any atom is -0.481 e. The first kappa shape index (κ1) is 18.2. The quantitative estimate of drug-likeness (QED) is 0.813. The number of nitrogens with zero attached hydrogens (tertiary/aromatic N) is 1. The molecule has 3 nitrogen and oxygen atoms in total. The van der Waals surface area contributed by atoms with Gasteiger partial charge in [-0.3, -0.25) is 9.78 Å². The lowest BCUT2D eigenvalue weighted by molar-refractivity contribution is -0.138. The molecule has 134 valence electrons. The molecule has 26 heavy (non-hydrogen) atoms. The predicted octanol–water partition coefficient (Wildman–Crippen LogP) is 5.03.